The van der Waals surface area contributed by atoms with Gasteiger partial charge in [0.1, 0.15) is 17.3 Å². The number of nitrogens with zero attached hydrogens (tertiary/aromatic N) is 1. The Morgan fingerprint density at radius 1 is 1.12 bits per heavy atom. The summed E-state index contributed by atoms with van der Waals surface area (Å²) in [4.78, 5) is 27.1. The molecule has 32 heavy (non-hydrogen) atoms. The molecule has 1 aliphatic rings. The number of ether oxygens (including phenoxy) is 2. The number of phenolic OH excluding ortho intramolecular Hbond substituents is 1. The predicted molar refractivity (Wildman–Crippen MR) is 121 cm³/mol. The Morgan fingerprint density at radius 2 is 1.81 bits per heavy atom. The first-order valence-electron chi connectivity index (χ1n) is 10.5. The summed E-state index contributed by atoms with van der Waals surface area (Å²) in [6, 6.07) is 10.6. The number of aliphatic hydroxyl groups is 1. The molecule has 7 heteroatoms. The second kappa shape index (κ2) is 9.87. The van der Waals surface area contributed by atoms with Crippen LogP contribution in [-0.4, -0.2) is 53.7 Å². The van der Waals surface area contributed by atoms with Crippen LogP contribution in [0.5, 0.6) is 11.5 Å². The van der Waals surface area contributed by atoms with Gasteiger partial charge >= 0.3 is 0 Å². The maximum absolute atomic E-state index is 12.9. The number of benzene rings is 2. The van der Waals surface area contributed by atoms with Crippen molar-refractivity contribution in [3.8, 4) is 11.5 Å². The summed E-state index contributed by atoms with van der Waals surface area (Å²) in [7, 11) is 1.51. The van der Waals surface area contributed by atoms with Crippen LogP contribution < -0.4 is 4.74 Å². The van der Waals surface area contributed by atoms with Gasteiger partial charge in [0.2, 0.25) is 0 Å². The molecule has 0 saturated carbocycles. The lowest BCUT2D eigenvalue weighted by molar-refractivity contribution is -0.140. The number of methoxy groups -OCH3 is 1. The first kappa shape index (κ1) is 23.3. The minimum absolute atomic E-state index is 0.00652. The third-order valence-electron chi connectivity index (χ3n) is 5.31. The molecule has 2 N–H and O–H groups in total. The first-order chi connectivity index (χ1) is 15.2. The molecule has 1 heterocycles. The summed E-state index contributed by atoms with van der Waals surface area (Å²) in [6.07, 6.45) is 0. The number of Topliss-reactive ketones (excluding diaryl/α,β-unsaturated/α-hetero) is 1. The summed E-state index contributed by atoms with van der Waals surface area (Å²) in [5.41, 5.74) is 1.85. The van der Waals surface area contributed by atoms with Gasteiger partial charge in [-0.2, -0.15) is 0 Å². The number of aryl methyl sites for hydroxylation is 1. The lowest BCUT2D eigenvalue weighted by atomic mass is 9.94. The SMILES string of the molecule is COCCN1C(=O)C(=O)C(=C(O)c2ccc(OCC(C)C)c(C)c2)C1c1ccc(O)cc1. The topological polar surface area (TPSA) is 96.3 Å². The molecular formula is C25H29NO6. The zero-order valence-electron chi connectivity index (χ0n) is 18.8. The van der Waals surface area contributed by atoms with Gasteiger partial charge in [-0.3, -0.25) is 9.59 Å². The zero-order valence-corrected chi connectivity index (χ0v) is 18.8. The van der Waals surface area contributed by atoms with Crippen molar-refractivity contribution in [3.05, 3.63) is 64.7 Å². The lowest BCUT2D eigenvalue weighted by Crippen LogP contribution is -2.32. The van der Waals surface area contributed by atoms with Crippen molar-refractivity contribution >= 4 is 17.4 Å². The Kier molecular flexibility index (Phi) is 7.20. The number of aromatic hydroxyl groups is 1. The van der Waals surface area contributed by atoms with Crippen molar-refractivity contribution in [2.45, 2.75) is 26.8 Å². The van der Waals surface area contributed by atoms with Crippen molar-refractivity contribution in [1.29, 1.82) is 0 Å². The predicted octanol–water partition coefficient (Wildman–Crippen LogP) is 3.80. The highest BCUT2D eigenvalue weighted by molar-refractivity contribution is 6.46. The van der Waals surface area contributed by atoms with Gasteiger partial charge in [0.25, 0.3) is 11.7 Å². The Balaban J connectivity index is 2.06. The van der Waals surface area contributed by atoms with E-state index >= 15 is 0 Å². The lowest BCUT2D eigenvalue weighted by Gasteiger charge is -2.25. The monoisotopic (exact) mass is 439 g/mol. The molecule has 0 bridgehead atoms. The molecule has 1 atom stereocenters. The number of hydrogen-bond donors (Lipinski definition) is 2. The molecule has 1 amide bonds. The molecule has 2 aromatic carbocycles. The fraction of sp³-hybridized carbons (Fsp3) is 0.360. The summed E-state index contributed by atoms with van der Waals surface area (Å²) in [6.45, 7) is 6.97. The van der Waals surface area contributed by atoms with E-state index in [0.717, 1.165) is 5.56 Å². The number of ketones is 1. The van der Waals surface area contributed by atoms with Crippen molar-refractivity contribution in [2.24, 2.45) is 5.92 Å². The van der Waals surface area contributed by atoms with E-state index in [4.69, 9.17) is 9.47 Å². The van der Waals surface area contributed by atoms with E-state index in [2.05, 4.69) is 13.8 Å². The van der Waals surface area contributed by atoms with Crippen LogP contribution in [0, 0.1) is 12.8 Å². The van der Waals surface area contributed by atoms with Crippen LogP contribution in [0.4, 0.5) is 0 Å². The molecule has 0 radical (unpaired) electrons. The van der Waals surface area contributed by atoms with Crippen molar-refractivity contribution in [1.82, 2.24) is 4.90 Å². The number of carbonyl (C=O) groups is 2. The first-order valence-corrected chi connectivity index (χ1v) is 10.5. The van der Waals surface area contributed by atoms with E-state index in [-0.39, 0.29) is 30.2 Å². The minimum atomic E-state index is -0.789. The van der Waals surface area contributed by atoms with Crippen LogP contribution in [0.3, 0.4) is 0 Å². The number of aliphatic hydroxyl groups excluding tert-OH is 1. The largest absolute Gasteiger partial charge is 0.508 e. The van der Waals surface area contributed by atoms with Gasteiger partial charge in [0, 0.05) is 19.2 Å². The van der Waals surface area contributed by atoms with Crippen LogP contribution in [0.15, 0.2) is 48.0 Å². The Labute approximate surface area is 187 Å². The fourth-order valence-electron chi connectivity index (χ4n) is 3.67. The van der Waals surface area contributed by atoms with Gasteiger partial charge in [0.15, 0.2) is 0 Å². The van der Waals surface area contributed by atoms with E-state index in [1.807, 2.05) is 6.92 Å². The Hall–Kier alpha value is -3.32. The molecule has 170 valence electrons. The molecule has 1 unspecified atom stereocenters. The molecule has 1 aliphatic heterocycles. The molecule has 0 spiro atoms. The van der Waals surface area contributed by atoms with Crippen LogP contribution in [0.1, 0.15) is 36.6 Å². The number of likely N-dealkylation sites (tertiary alicyclic amines) is 1. The minimum Gasteiger partial charge on any atom is -0.508 e. The standard InChI is InChI=1S/C25H29NO6/c1-15(2)14-32-20-10-7-18(13-16(20)3)23(28)21-22(17-5-8-19(27)9-6-17)26(11-12-31-4)25(30)24(21)29/h5-10,13,15,22,27-28H,11-12,14H2,1-4H3. The van der Waals surface area contributed by atoms with E-state index in [9.17, 15) is 19.8 Å². The number of amides is 1. The van der Waals surface area contributed by atoms with Crippen molar-refractivity contribution < 1.29 is 29.3 Å². The second-order valence-electron chi connectivity index (χ2n) is 8.26. The molecule has 0 aromatic heterocycles. The second-order valence-corrected chi connectivity index (χ2v) is 8.26. The highest BCUT2D eigenvalue weighted by Crippen LogP contribution is 2.40. The number of rotatable bonds is 8. The molecule has 2 aromatic rings. The van der Waals surface area contributed by atoms with Crippen LogP contribution in [0.25, 0.3) is 5.76 Å². The van der Waals surface area contributed by atoms with Gasteiger partial charge in [-0.1, -0.05) is 26.0 Å². The molecule has 3 rings (SSSR count). The van der Waals surface area contributed by atoms with Crippen LogP contribution in [-0.2, 0) is 14.3 Å². The summed E-state index contributed by atoms with van der Waals surface area (Å²) >= 11 is 0. The fourth-order valence-corrected chi connectivity index (χ4v) is 3.67. The summed E-state index contributed by atoms with van der Waals surface area (Å²) < 4.78 is 10.9. The maximum Gasteiger partial charge on any atom is 0.295 e. The van der Waals surface area contributed by atoms with Gasteiger partial charge in [-0.05, 0) is 54.3 Å². The third kappa shape index (κ3) is 4.78. The normalized spacial score (nSPS) is 17.9. The van der Waals surface area contributed by atoms with Crippen LogP contribution in [0.2, 0.25) is 0 Å². The Bertz CT molecular complexity index is 1030. The average Bonchev–Trinajstić information content (AvgIpc) is 3.01. The van der Waals surface area contributed by atoms with Gasteiger partial charge in [-0.15, -0.1) is 0 Å². The number of hydrogen-bond acceptors (Lipinski definition) is 6. The summed E-state index contributed by atoms with van der Waals surface area (Å²) in [5, 5.41) is 20.8. The average molecular weight is 440 g/mol. The molecule has 1 saturated heterocycles. The van der Waals surface area contributed by atoms with Gasteiger partial charge in [-0.25, -0.2) is 0 Å². The Morgan fingerprint density at radius 3 is 2.41 bits per heavy atom. The quantitative estimate of drug-likeness (QED) is 0.369. The molecular weight excluding hydrogens is 410 g/mol. The van der Waals surface area contributed by atoms with Crippen molar-refractivity contribution in [2.75, 3.05) is 26.9 Å². The summed E-state index contributed by atoms with van der Waals surface area (Å²) in [5.74, 6) is -0.568. The third-order valence-corrected chi connectivity index (χ3v) is 5.31. The van der Waals surface area contributed by atoms with E-state index in [0.29, 0.717) is 29.4 Å². The number of carbonyl (C=O) groups excluding carboxylic acids is 2. The highest BCUT2D eigenvalue weighted by Gasteiger charge is 2.45. The zero-order chi connectivity index (χ0) is 23.4. The van der Waals surface area contributed by atoms with E-state index in [1.165, 1.54) is 24.1 Å². The maximum atomic E-state index is 12.9. The molecule has 0 aliphatic carbocycles. The molecule has 7 nitrogen and oxygen atoms in total. The molecule has 1 fully saturated rings. The van der Waals surface area contributed by atoms with Crippen LogP contribution >= 0.6 is 0 Å². The van der Waals surface area contributed by atoms with E-state index < -0.39 is 17.7 Å². The van der Waals surface area contributed by atoms with Crippen molar-refractivity contribution in [3.63, 3.8) is 0 Å². The van der Waals surface area contributed by atoms with Gasteiger partial charge in [0.05, 0.1) is 24.8 Å². The smallest absolute Gasteiger partial charge is 0.295 e. The number of phenols is 1. The van der Waals surface area contributed by atoms with Gasteiger partial charge < -0.3 is 24.6 Å². The van der Waals surface area contributed by atoms with E-state index in [1.54, 1.807) is 30.3 Å². The highest BCUT2D eigenvalue weighted by atomic mass is 16.5.